The van der Waals surface area contributed by atoms with E-state index < -0.39 is 17.3 Å². The van der Waals surface area contributed by atoms with E-state index in [1.165, 1.54) is 18.6 Å². The van der Waals surface area contributed by atoms with Crippen molar-refractivity contribution in [3.63, 3.8) is 0 Å². The monoisotopic (exact) mass is 262 g/mol. The number of carbonyl (C=O) groups excluding carboxylic acids is 2. The zero-order valence-electron chi connectivity index (χ0n) is 10.6. The minimum atomic E-state index is -0.909. The summed E-state index contributed by atoms with van der Waals surface area (Å²) in [6, 6.07) is 0. The van der Waals surface area contributed by atoms with Crippen LogP contribution >= 0.6 is 0 Å². The van der Waals surface area contributed by atoms with E-state index in [9.17, 15) is 9.59 Å². The molecule has 2 heterocycles. The van der Waals surface area contributed by atoms with Gasteiger partial charge in [-0.05, 0) is 13.8 Å². The molecule has 19 heavy (non-hydrogen) atoms. The molecule has 0 aliphatic carbocycles. The molecule has 0 bridgehead atoms. The van der Waals surface area contributed by atoms with Crippen LogP contribution in [0.5, 0.6) is 0 Å². The van der Waals surface area contributed by atoms with Gasteiger partial charge in [0.15, 0.2) is 5.65 Å². The van der Waals surface area contributed by atoms with Crippen molar-refractivity contribution in [2.45, 2.75) is 13.8 Å². The molecule has 0 aliphatic rings. The number of ether oxygens (including phenoxy) is 1. The summed E-state index contributed by atoms with van der Waals surface area (Å²) in [6.07, 6.45) is 4.48. The van der Waals surface area contributed by atoms with E-state index >= 15 is 0 Å². The van der Waals surface area contributed by atoms with Crippen LogP contribution in [0.25, 0.3) is 11.2 Å². The molecule has 0 spiro atoms. The first-order valence-electron chi connectivity index (χ1n) is 5.67. The molecule has 0 aliphatic heterocycles. The van der Waals surface area contributed by atoms with Gasteiger partial charge in [-0.3, -0.25) is 9.78 Å². The number of H-pyrrole nitrogens is 1. The average Bonchev–Trinajstić information content (AvgIpc) is 2.79. The molecule has 0 unspecified atom stereocenters. The Hall–Kier alpha value is -2.44. The van der Waals surface area contributed by atoms with E-state index in [0.717, 1.165) is 0 Å². The maximum Gasteiger partial charge on any atom is 0.342 e. The van der Waals surface area contributed by atoms with Crippen molar-refractivity contribution in [1.29, 1.82) is 0 Å². The van der Waals surface area contributed by atoms with Crippen LogP contribution in [0.15, 0.2) is 18.6 Å². The molecule has 1 amide bonds. The highest BCUT2D eigenvalue weighted by Crippen LogP contribution is 2.18. The van der Waals surface area contributed by atoms with E-state index in [1.54, 1.807) is 13.8 Å². The second-order valence-electron chi connectivity index (χ2n) is 4.78. The van der Waals surface area contributed by atoms with Gasteiger partial charge >= 0.3 is 5.97 Å². The number of esters is 1. The number of hydrogen-bond donors (Lipinski definition) is 2. The molecule has 0 aromatic carbocycles. The van der Waals surface area contributed by atoms with Gasteiger partial charge in [0.1, 0.15) is 17.7 Å². The van der Waals surface area contributed by atoms with Crippen LogP contribution in [0.2, 0.25) is 0 Å². The highest BCUT2D eigenvalue weighted by atomic mass is 16.5. The van der Waals surface area contributed by atoms with Crippen LogP contribution in [0, 0.1) is 5.41 Å². The second-order valence-corrected chi connectivity index (χ2v) is 4.78. The lowest BCUT2D eigenvalue weighted by molar-refractivity contribution is -0.127. The van der Waals surface area contributed by atoms with Crippen LogP contribution in [0.3, 0.4) is 0 Å². The predicted octanol–water partition coefficient (Wildman–Crippen LogP) is 0.626. The normalized spacial score (nSPS) is 11.5. The first kappa shape index (κ1) is 13.0. The van der Waals surface area contributed by atoms with Crippen LogP contribution in [-0.2, 0) is 9.53 Å². The van der Waals surface area contributed by atoms with Gasteiger partial charge in [-0.15, -0.1) is 0 Å². The third-order valence-electron chi connectivity index (χ3n) is 2.76. The molecule has 2 rings (SSSR count). The fourth-order valence-corrected chi connectivity index (χ4v) is 1.40. The number of hydrogen-bond acceptors (Lipinski definition) is 5. The van der Waals surface area contributed by atoms with Gasteiger partial charge in [0.05, 0.1) is 5.41 Å². The van der Waals surface area contributed by atoms with Crippen molar-refractivity contribution >= 4 is 23.0 Å². The van der Waals surface area contributed by atoms with Crippen molar-refractivity contribution in [3.05, 3.63) is 24.2 Å². The van der Waals surface area contributed by atoms with Gasteiger partial charge in [-0.25, -0.2) is 9.78 Å². The summed E-state index contributed by atoms with van der Waals surface area (Å²) in [5.74, 6) is -1.10. The number of amides is 1. The van der Waals surface area contributed by atoms with Crippen molar-refractivity contribution < 1.29 is 14.3 Å². The lowest BCUT2D eigenvalue weighted by Crippen LogP contribution is -2.36. The van der Waals surface area contributed by atoms with Crippen LogP contribution in [-0.4, -0.2) is 33.4 Å². The molecule has 100 valence electrons. The molecule has 7 heteroatoms. The number of aromatic amines is 1. The number of nitrogens with one attached hydrogen (secondary N) is 1. The Kier molecular flexibility index (Phi) is 3.20. The van der Waals surface area contributed by atoms with Gasteiger partial charge in [0.2, 0.25) is 5.91 Å². The topological polar surface area (TPSA) is 111 Å². The maximum atomic E-state index is 11.9. The van der Waals surface area contributed by atoms with Crippen LogP contribution in [0.1, 0.15) is 24.2 Å². The van der Waals surface area contributed by atoms with E-state index in [-0.39, 0.29) is 12.2 Å². The number of primary amides is 1. The largest absolute Gasteiger partial charge is 0.461 e. The van der Waals surface area contributed by atoms with Gasteiger partial charge < -0.3 is 15.5 Å². The van der Waals surface area contributed by atoms with E-state index in [1.807, 2.05) is 0 Å². The number of nitrogens with zero attached hydrogens (tertiary/aromatic N) is 2. The summed E-state index contributed by atoms with van der Waals surface area (Å²) in [6.45, 7) is 3.13. The number of carbonyl (C=O) groups is 2. The van der Waals surface area contributed by atoms with Crippen molar-refractivity contribution in [2.75, 3.05) is 6.61 Å². The standard InChI is InChI=1S/C12H14N4O3/c1-12(2,11(13)18)6-19-10(17)7-5-16-9-8(7)14-3-4-15-9/h3-5H,6H2,1-2H3,(H2,13,18)(H,15,16). The molecule has 0 saturated carbocycles. The summed E-state index contributed by atoms with van der Waals surface area (Å²) in [7, 11) is 0. The molecule has 7 nitrogen and oxygen atoms in total. The zero-order valence-corrected chi connectivity index (χ0v) is 10.6. The number of aromatic nitrogens is 3. The summed E-state index contributed by atoms with van der Waals surface area (Å²) in [4.78, 5) is 34.0. The van der Waals surface area contributed by atoms with Crippen molar-refractivity contribution in [1.82, 2.24) is 15.0 Å². The smallest absolute Gasteiger partial charge is 0.342 e. The number of rotatable bonds is 4. The summed E-state index contributed by atoms with van der Waals surface area (Å²) >= 11 is 0. The highest BCUT2D eigenvalue weighted by Gasteiger charge is 2.27. The zero-order chi connectivity index (χ0) is 14.0. The molecule has 3 N–H and O–H groups in total. The van der Waals surface area contributed by atoms with E-state index in [4.69, 9.17) is 10.5 Å². The highest BCUT2D eigenvalue weighted by molar-refractivity contribution is 6.01. The van der Waals surface area contributed by atoms with E-state index in [0.29, 0.717) is 11.2 Å². The molecule has 2 aromatic heterocycles. The summed E-state index contributed by atoms with van der Waals surface area (Å²) < 4.78 is 5.09. The second kappa shape index (κ2) is 4.68. The van der Waals surface area contributed by atoms with E-state index in [2.05, 4.69) is 15.0 Å². The fourth-order valence-electron chi connectivity index (χ4n) is 1.40. The fraction of sp³-hybridized carbons (Fsp3) is 0.333. The SMILES string of the molecule is CC(C)(COC(=O)c1c[nH]c2nccnc12)C(N)=O. The third-order valence-corrected chi connectivity index (χ3v) is 2.76. The first-order chi connectivity index (χ1) is 8.92. The van der Waals surface area contributed by atoms with Crippen LogP contribution < -0.4 is 5.73 Å². The molecule has 2 aromatic rings. The average molecular weight is 262 g/mol. The van der Waals surface area contributed by atoms with Gasteiger partial charge in [-0.1, -0.05) is 0 Å². The molecule has 0 radical (unpaired) electrons. The first-order valence-corrected chi connectivity index (χ1v) is 5.67. The van der Waals surface area contributed by atoms with Gasteiger partial charge in [0.25, 0.3) is 0 Å². The molecular formula is C12H14N4O3. The minimum Gasteiger partial charge on any atom is -0.461 e. The minimum absolute atomic E-state index is 0.0892. The molecule has 0 fully saturated rings. The Morgan fingerprint density at radius 2 is 2.05 bits per heavy atom. The quantitative estimate of drug-likeness (QED) is 0.785. The molecular weight excluding hydrogens is 248 g/mol. The Morgan fingerprint density at radius 3 is 2.74 bits per heavy atom. The Morgan fingerprint density at radius 1 is 1.37 bits per heavy atom. The van der Waals surface area contributed by atoms with Gasteiger partial charge in [-0.2, -0.15) is 0 Å². The van der Waals surface area contributed by atoms with Crippen molar-refractivity contribution in [2.24, 2.45) is 11.1 Å². The Bertz CT molecular complexity index is 633. The summed E-state index contributed by atoms with van der Waals surface area (Å²) in [5, 5.41) is 0. The predicted molar refractivity (Wildman–Crippen MR) is 67.1 cm³/mol. The number of fused-ring (bicyclic) bond motifs is 1. The van der Waals surface area contributed by atoms with Crippen LogP contribution in [0.4, 0.5) is 0 Å². The van der Waals surface area contributed by atoms with Crippen molar-refractivity contribution in [3.8, 4) is 0 Å². The number of nitrogens with two attached hydrogens (primary N) is 1. The molecule has 0 saturated heterocycles. The maximum absolute atomic E-state index is 11.9. The lowest BCUT2D eigenvalue weighted by Gasteiger charge is -2.19. The Balaban J connectivity index is 2.15. The Labute approximate surface area is 109 Å². The lowest BCUT2D eigenvalue weighted by atomic mass is 9.94. The van der Waals surface area contributed by atoms with Gasteiger partial charge in [0, 0.05) is 18.6 Å². The third kappa shape index (κ3) is 2.54. The summed E-state index contributed by atoms with van der Waals surface area (Å²) in [5.41, 5.74) is 5.52. The molecule has 0 atom stereocenters.